The van der Waals surface area contributed by atoms with Gasteiger partial charge in [-0.3, -0.25) is 0 Å². The van der Waals surface area contributed by atoms with Crippen molar-refractivity contribution in [1.29, 1.82) is 0 Å². The van der Waals surface area contributed by atoms with Crippen molar-refractivity contribution in [2.75, 3.05) is 0 Å². The van der Waals surface area contributed by atoms with E-state index in [-0.39, 0.29) is 24.8 Å². The fourth-order valence-corrected chi connectivity index (χ4v) is 16.7. The zero-order valence-corrected chi connectivity index (χ0v) is 21.0. The van der Waals surface area contributed by atoms with Crippen LogP contribution < -0.4 is 3.27 Å². The van der Waals surface area contributed by atoms with Gasteiger partial charge in [0.05, 0.1) is 0 Å². The van der Waals surface area contributed by atoms with Gasteiger partial charge in [0.25, 0.3) is 0 Å². The molecule has 0 bridgehead atoms. The van der Waals surface area contributed by atoms with Crippen LogP contribution in [0.4, 0.5) is 0 Å². The van der Waals surface area contributed by atoms with Gasteiger partial charge in [0.2, 0.25) is 0 Å². The smallest absolute Gasteiger partial charge is 0.147 e. The van der Waals surface area contributed by atoms with Crippen LogP contribution in [0.3, 0.4) is 0 Å². The van der Waals surface area contributed by atoms with Gasteiger partial charge in [0, 0.05) is 0 Å². The van der Waals surface area contributed by atoms with Crippen molar-refractivity contribution in [3.8, 4) is 11.1 Å². The zero-order chi connectivity index (χ0) is 16.7. The molecule has 1 aliphatic carbocycles. The molecule has 0 fully saturated rings. The summed E-state index contributed by atoms with van der Waals surface area (Å²) in [5, 5.41) is 0. The van der Waals surface area contributed by atoms with Crippen LogP contribution >= 0.6 is 24.8 Å². The normalized spacial score (nSPS) is 13.7. The summed E-state index contributed by atoms with van der Waals surface area (Å²) in [6.45, 7) is 6.64. The first-order chi connectivity index (χ1) is 10.8. The molecule has 0 spiro atoms. The third kappa shape index (κ3) is 4.48. The summed E-state index contributed by atoms with van der Waals surface area (Å²) in [7, 11) is 0. The summed E-state index contributed by atoms with van der Waals surface area (Å²) in [5.74, 6) is 0. The van der Waals surface area contributed by atoms with Gasteiger partial charge in [-0.1, -0.05) is 0 Å². The Morgan fingerprint density at radius 3 is 2.32 bits per heavy atom. The molecule has 0 heterocycles. The van der Waals surface area contributed by atoms with E-state index in [1.54, 1.807) is 8.83 Å². The van der Waals surface area contributed by atoms with E-state index >= 15 is 0 Å². The minimum atomic E-state index is -3.05. The molecule has 3 rings (SSSR count). The molecule has 134 valence electrons. The van der Waals surface area contributed by atoms with Crippen molar-refractivity contribution >= 4 is 35.0 Å². The van der Waals surface area contributed by atoms with Crippen LogP contribution in [-0.4, -0.2) is 6.88 Å². The first kappa shape index (κ1) is 22.6. The molecule has 0 radical (unpaired) electrons. The van der Waals surface area contributed by atoms with Crippen molar-refractivity contribution in [3.63, 3.8) is 0 Å². The molecule has 2 aromatic rings. The molecule has 0 saturated carbocycles. The number of rotatable bonds is 3. The van der Waals surface area contributed by atoms with Gasteiger partial charge >= 0.3 is 143 Å². The molecule has 0 atom stereocenters. The molecule has 0 aliphatic heterocycles. The minimum Gasteiger partial charge on any atom is -0.147 e. The van der Waals surface area contributed by atoms with Crippen LogP contribution in [0.1, 0.15) is 25.0 Å². The van der Waals surface area contributed by atoms with Crippen LogP contribution in [0.15, 0.2) is 64.0 Å². The van der Waals surface area contributed by atoms with Gasteiger partial charge < -0.3 is 0 Å². The summed E-state index contributed by atoms with van der Waals surface area (Å²) < 4.78 is 9.40. The SMILES string of the molecule is CC=CC(C)=[CH][Zr]([CH3])([CH3])(=[SiH2])[c]1cccc2c1Cc1ccccc1-2.Cl.Cl. The number of fused-ring (bicyclic) bond motifs is 3. The molecule has 0 nitrogen and oxygen atoms in total. The maximum absolute atomic E-state index is 3.05. The average Bonchev–Trinajstić information content (AvgIpc) is 2.84. The monoisotopic (exact) mass is 468 g/mol. The van der Waals surface area contributed by atoms with Crippen molar-refractivity contribution in [3.05, 3.63) is 75.1 Å². The van der Waals surface area contributed by atoms with Crippen LogP contribution in [0.2, 0.25) is 9.26 Å². The number of benzene rings is 2. The number of halogens is 2. The van der Waals surface area contributed by atoms with E-state index in [4.69, 9.17) is 0 Å². The van der Waals surface area contributed by atoms with Gasteiger partial charge in [-0.15, -0.1) is 24.8 Å². The summed E-state index contributed by atoms with van der Waals surface area (Å²) in [6.07, 6.45) is 5.49. The Kier molecular flexibility index (Phi) is 7.33. The van der Waals surface area contributed by atoms with Crippen molar-refractivity contribution in [1.82, 2.24) is 0 Å². The molecule has 0 amide bonds. The number of hydrogen-bond donors (Lipinski definition) is 0. The van der Waals surface area contributed by atoms with Gasteiger partial charge in [0.1, 0.15) is 0 Å². The Hall–Kier alpha value is -0.400. The van der Waals surface area contributed by atoms with Gasteiger partial charge in [-0.2, -0.15) is 0 Å². The quantitative estimate of drug-likeness (QED) is 0.348. The van der Waals surface area contributed by atoms with E-state index in [1.165, 1.54) is 22.3 Å². The summed E-state index contributed by atoms with van der Waals surface area (Å²) >= 11 is -3.05. The topological polar surface area (TPSA) is 0 Å². The molecule has 0 saturated heterocycles. The Bertz CT molecular complexity index is 904. The average molecular weight is 471 g/mol. The summed E-state index contributed by atoms with van der Waals surface area (Å²) in [6, 6.07) is 15.9. The Balaban J connectivity index is 0.00000156. The Morgan fingerprint density at radius 1 is 1.00 bits per heavy atom. The van der Waals surface area contributed by atoms with E-state index in [1.807, 2.05) is 0 Å². The fourth-order valence-electron chi connectivity index (χ4n) is 4.05. The molecule has 4 heteroatoms. The maximum atomic E-state index is 2.62. The van der Waals surface area contributed by atoms with Crippen LogP contribution in [0.25, 0.3) is 11.1 Å². The largest absolute Gasteiger partial charge is 0.147 e. The first-order valence-corrected chi connectivity index (χ1v) is 21.9. The van der Waals surface area contributed by atoms with Crippen LogP contribution in [0, 0.1) is 0 Å². The Morgan fingerprint density at radius 2 is 1.64 bits per heavy atom. The maximum Gasteiger partial charge on any atom is -0.147 e. The molecule has 25 heavy (non-hydrogen) atoms. The van der Waals surface area contributed by atoms with Gasteiger partial charge in [-0.05, 0) is 0 Å². The first-order valence-electron chi connectivity index (χ1n) is 8.41. The molecule has 0 aromatic heterocycles. The van der Waals surface area contributed by atoms with Crippen molar-refractivity contribution < 1.29 is 17.4 Å². The van der Waals surface area contributed by atoms with E-state index in [0.717, 1.165) is 6.42 Å². The molecule has 1 aliphatic rings. The van der Waals surface area contributed by atoms with Gasteiger partial charge in [0.15, 0.2) is 0 Å². The van der Waals surface area contributed by atoms with E-state index < -0.39 is 17.4 Å². The number of allylic oxidation sites excluding steroid dienone is 3. The van der Waals surface area contributed by atoms with Crippen LogP contribution in [-0.2, 0) is 23.8 Å². The van der Waals surface area contributed by atoms with Crippen molar-refractivity contribution in [2.24, 2.45) is 0 Å². The molecular formula is C21H28Cl2SiZr. The summed E-state index contributed by atoms with van der Waals surface area (Å²) in [4.78, 5) is 0. The molecule has 0 N–H and O–H groups in total. The zero-order valence-electron chi connectivity index (χ0n) is 15.5. The minimum absolute atomic E-state index is 0. The second-order valence-electron chi connectivity index (χ2n) is 7.86. The third-order valence-electron chi connectivity index (χ3n) is 4.86. The van der Waals surface area contributed by atoms with E-state index in [9.17, 15) is 0 Å². The predicted octanol–water partition coefficient (Wildman–Crippen LogP) is 5.54. The Labute approximate surface area is 167 Å². The third-order valence-corrected chi connectivity index (χ3v) is 17.2. The van der Waals surface area contributed by atoms with E-state index in [0.29, 0.717) is 0 Å². The molecule has 2 aromatic carbocycles. The molecular weight excluding hydrogens is 442 g/mol. The fraction of sp³-hybridized carbons (Fsp3) is 0.238. The standard InChI is InChI=1S/C13H9.C6H9.2CH3.2ClH.H2Si.Zr/c1-3-7-12-10(5-1)9-11-6-2-4-8-13(11)12;1-4-5-6(2)3;;;;;;/h1-5,7-8H,9H2;2,4-5H,1,3H3;2*1H3;2*1H;1H2;. The second kappa shape index (κ2) is 8.09. The van der Waals surface area contributed by atoms with Crippen molar-refractivity contribution in [2.45, 2.75) is 29.5 Å². The van der Waals surface area contributed by atoms with E-state index in [2.05, 4.69) is 88.4 Å². The summed E-state index contributed by atoms with van der Waals surface area (Å²) in [5.41, 5.74) is 7.38. The van der Waals surface area contributed by atoms with Crippen LogP contribution in [0.5, 0.6) is 0 Å². The number of hydrogen-bond acceptors (Lipinski definition) is 0. The predicted molar refractivity (Wildman–Crippen MR) is 118 cm³/mol. The molecule has 0 unspecified atom stereocenters. The van der Waals surface area contributed by atoms with Gasteiger partial charge in [-0.25, -0.2) is 0 Å². The second-order valence-corrected chi connectivity index (χ2v) is 36.6.